The maximum atomic E-state index is 13.6. The Morgan fingerprint density at radius 1 is 1.41 bits per heavy atom. The second-order valence-corrected chi connectivity index (χ2v) is 4.72. The molecule has 0 saturated carbocycles. The van der Waals surface area contributed by atoms with Gasteiger partial charge in [-0.15, -0.1) is 0 Å². The molecule has 0 aliphatic carbocycles. The molecule has 1 aromatic carbocycles. The number of benzene rings is 1. The maximum absolute atomic E-state index is 13.6. The number of hydrogen-bond donors (Lipinski definition) is 1. The van der Waals surface area contributed by atoms with Gasteiger partial charge in [-0.05, 0) is 32.9 Å². The van der Waals surface area contributed by atoms with Gasteiger partial charge in [-0.2, -0.15) is 0 Å². The molecule has 0 unspecified atom stereocenters. The van der Waals surface area contributed by atoms with Crippen LogP contribution >= 0.6 is 0 Å². The molecule has 0 saturated heterocycles. The van der Waals surface area contributed by atoms with Crippen LogP contribution in [0.5, 0.6) is 5.75 Å². The molecule has 0 radical (unpaired) electrons. The van der Waals surface area contributed by atoms with Gasteiger partial charge in [-0.25, -0.2) is 4.39 Å². The summed E-state index contributed by atoms with van der Waals surface area (Å²) in [6.45, 7) is 6.12. The molecule has 0 fully saturated rings. The van der Waals surface area contributed by atoms with E-state index in [1.165, 1.54) is 6.07 Å². The Morgan fingerprint density at radius 2 is 2.06 bits per heavy atom. The van der Waals surface area contributed by atoms with Crippen molar-refractivity contribution in [1.82, 2.24) is 0 Å². The summed E-state index contributed by atoms with van der Waals surface area (Å²) in [6.07, 6.45) is 0. The maximum Gasteiger partial charge on any atom is 0.167 e. The van der Waals surface area contributed by atoms with Gasteiger partial charge in [-0.1, -0.05) is 0 Å². The summed E-state index contributed by atoms with van der Waals surface area (Å²) < 4.78 is 18.7. The van der Waals surface area contributed by atoms with Crippen molar-refractivity contribution in [3.05, 3.63) is 24.0 Å². The smallest absolute Gasteiger partial charge is 0.167 e. The lowest BCUT2D eigenvalue weighted by molar-refractivity contribution is 0.0886. The largest absolute Gasteiger partial charge is 0.491 e. The van der Waals surface area contributed by atoms with Crippen LogP contribution in [-0.2, 0) is 0 Å². The van der Waals surface area contributed by atoms with Gasteiger partial charge in [0, 0.05) is 25.3 Å². The predicted octanol–water partition coefficient (Wildman–Crippen LogP) is 2.43. The number of likely N-dealkylation sites (N-methyl/N-ethyl adjacent to an activating group) is 1. The fourth-order valence-electron chi connectivity index (χ4n) is 1.67. The van der Waals surface area contributed by atoms with Crippen LogP contribution in [0.15, 0.2) is 18.2 Å². The van der Waals surface area contributed by atoms with Crippen molar-refractivity contribution >= 4 is 5.69 Å². The van der Waals surface area contributed by atoms with E-state index in [2.05, 4.69) is 0 Å². The van der Waals surface area contributed by atoms with E-state index in [4.69, 9.17) is 4.74 Å². The van der Waals surface area contributed by atoms with Crippen LogP contribution in [0, 0.1) is 5.82 Å². The van der Waals surface area contributed by atoms with E-state index in [1.807, 2.05) is 14.0 Å². The SMILES string of the molecule is CCOc1ccc(N(C)CC(C)(C)O)cc1F. The molecule has 0 bridgehead atoms. The third kappa shape index (κ3) is 4.23. The monoisotopic (exact) mass is 241 g/mol. The van der Waals surface area contributed by atoms with Crippen LogP contribution in [0.3, 0.4) is 0 Å². The van der Waals surface area contributed by atoms with Gasteiger partial charge in [0.15, 0.2) is 11.6 Å². The molecule has 1 N–H and O–H groups in total. The van der Waals surface area contributed by atoms with E-state index in [0.29, 0.717) is 18.8 Å². The van der Waals surface area contributed by atoms with Crippen molar-refractivity contribution in [2.24, 2.45) is 0 Å². The Balaban J connectivity index is 2.82. The first-order chi connectivity index (χ1) is 7.83. The molecule has 1 aromatic rings. The molecule has 0 spiro atoms. The minimum absolute atomic E-state index is 0.257. The molecule has 0 aromatic heterocycles. The van der Waals surface area contributed by atoms with E-state index in [1.54, 1.807) is 30.9 Å². The number of rotatable bonds is 5. The lowest BCUT2D eigenvalue weighted by Crippen LogP contribution is -2.36. The van der Waals surface area contributed by atoms with E-state index >= 15 is 0 Å². The van der Waals surface area contributed by atoms with E-state index in [9.17, 15) is 9.50 Å². The minimum Gasteiger partial charge on any atom is -0.491 e. The molecule has 0 aliphatic rings. The number of halogens is 1. The molecule has 0 amide bonds. The van der Waals surface area contributed by atoms with Crippen LogP contribution < -0.4 is 9.64 Å². The summed E-state index contributed by atoms with van der Waals surface area (Å²) in [5.74, 6) is -0.125. The van der Waals surface area contributed by atoms with Crippen molar-refractivity contribution in [3.63, 3.8) is 0 Å². The van der Waals surface area contributed by atoms with Gasteiger partial charge in [-0.3, -0.25) is 0 Å². The van der Waals surface area contributed by atoms with Crippen molar-refractivity contribution in [2.75, 3.05) is 25.1 Å². The summed E-state index contributed by atoms with van der Waals surface area (Å²) in [4.78, 5) is 1.80. The summed E-state index contributed by atoms with van der Waals surface area (Å²) in [5, 5.41) is 9.70. The normalized spacial score (nSPS) is 11.4. The van der Waals surface area contributed by atoms with Gasteiger partial charge >= 0.3 is 0 Å². The molecule has 0 aliphatic heterocycles. The van der Waals surface area contributed by atoms with Crippen LogP contribution in [0.2, 0.25) is 0 Å². The van der Waals surface area contributed by atoms with Gasteiger partial charge in [0.1, 0.15) is 0 Å². The Kier molecular flexibility index (Phi) is 4.34. The van der Waals surface area contributed by atoms with Gasteiger partial charge in [0.25, 0.3) is 0 Å². The summed E-state index contributed by atoms with van der Waals surface area (Å²) in [5.41, 5.74) is -0.0998. The van der Waals surface area contributed by atoms with Gasteiger partial charge < -0.3 is 14.7 Å². The van der Waals surface area contributed by atoms with Crippen LogP contribution in [-0.4, -0.2) is 30.9 Å². The summed E-state index contributed by atoms with van der Waals surface area (Å²) in [6, 6.07) is 4.80. The van der Waals surface area contributed by atoms with E-state index < -0.39 is 5.60 Å². The number of anilines is 1. The number of nitrogens with zero attached hydrogens (tertiary/aromatic N) is 1. The minimum atomic E-state index is -0.816. The average molecular weight is 241 g/mol. The standard InChI is InChI=1S/C13H20FNO2/c1-5-17-12-7-6-10(8-11(12)14)15(4)9-13(2,3)16/h6-8,16H,5,9H2,1-4H3. The molecule has 96 valence electrons. The highest BCUT2D eigenvalue weighted by molar-refractivity contribution is 5.49. The van der Waals surface area contributed by atoms with Gasteiger partial charge in [0.05, 0.1) is 12.2 Å². The summed E-state index contributed by atoms with van der Waals surface area (Å²) in [7, 11) is 1.81. The third-order valence-electron chi connectivity index (χ3n) is 2.28. The topological polar surface area (TPSA) is 32.7 Å². The number of ether oxygens (including phenoxy) is 1. The Hall–Kier alpha value is -1.29. The lowest BCUT2D eigenvalue weighted by Gasteiger charge is -2.27. The molecule has 1 rings (SSSR count). The fourth-order valence-corrected chi connectivity index (χ4v) is 1.67. The quantitative estimate of drug-likeness (QED) is 0.859. The zero-order valence-electron chi connectivity index (χ0n) is 10.8. The first-order valence-electron chi connectivity index (χ1n) is 5.69. The highest BCUT2D eigenvalue weighted by Gasteiger charge is 2.16. The lowest BCUT2D eigenvalue weighted by atomic mass is 10.1. The summed E-state index contributed by atoms with van der Waals surface area (Å²) >= 11 is 0. The van der Waals surface area contributed by atoms with Crippen molar-refractivity contribution in [1.29, 1.82) is 0 Å². The van der Waals surface area contributed by atoms with Crippen molar-refractivity contribution in [2.45, 2.75) is 26.4 Å². The zero-order chi connectivity index (χ0) is 13.1. The van der Waals surface area contributed by atoms with Crippen LogP contribution in [0.4, 0.5) is 10.1 Å². The Labute approximate surface area is 102 Å². The molecular formula is C13H20FNO2. The Bertz CT molecular complexity index is 374. The predicted molar refractivity (Wildman–Crippen MR) is 67.1 cm³/mol. The Morgan fingerprint density at radius 3 is 2.53 bits per heavy atom. The van der Waals surface area contributed by atoms with Crippen LogP contribution in [0.1, 0.15) is 20.8 Å². The van der Waals surface area contributed by atoms with Crippen LogP contribution in [0.25, 0.3) is 0 Å². The molecule has 17 heavy (non-hydrogen) atoms. The number of hydrogen-bond acceptors (Lipinski definition) is 3. The average Bonchev–Trinajstić information content (AvgIpc) is 2.18. The second kappa shape index (κ2) is 5.36. The van der Waals surface area contributed by atoms with E-state index in [0.717, 1.165) is 0 Å². The molecule has 0 heterocycles. The highest BCUT2D eigenvalue weighted by Crippen LogP contribution is 2.24. The molecular weight excluding hydrogens is 221 g/mol. The van der Waals surface area contributed by atoms with Crippen molar-refractivity contribution in [3.8, 4) is 5.75 Å². The third-order valence-corrected chi connectivity index (χ3v) is 2.28. The first kappa shape index (κ1) is 13.8. The molecule has 3 nitrogen and oxygen atoms in total. The van der Waals surface area contributed by atoms with Crippen molar-refractivity contribution < 1.29 is 14.2 Å². The van der Waals surface area contributed by atoms with Gasteiger partial charge in [0.2, 0.25) is 0 Å². The highest BCUT2D eigenvalue weighted by atomic mass is 19.1. The second-order valence-electron chi connectivity index (χ2n) is 4.72. The molecule has 4 heteroatoms. The first-order valence-corrected chi connectivity index (χ1v) is 5.69. The number of aliphatic hydroxyl groups is 1. The zero-order valence-corrected chi connectivity index (χ0v) is 10.8. The fraction of sp³-hybridized carbons (Fsp3) is 0.538. The molecule has 0 atom stereocenters. The van der Waals surface area contributed by atoms with E-state index in [-0.39, 0.29) is 11.6 Å².